The third-order valence-corrected chi connectivity index (χ3v) is 3.72. The Kier molecular flexibility index (Phi) is 4.35. The molecular formula is C19H23N3+2. The monoisotopic (exact) mass is 293 g/mol. The highest BCUT2D eigenvalue weighted by Crippen LogP contribution is 2.11. The van der Waals surface area contributed by atoms with Crippen molar-refractivity contribution in [3.8, 4) is 0 Å². The number of fused-ring (bicyclic) bond motifs is 1. The van der Waals surface area contributed by atoms with Gasteiger partial charge in [-0.15, -0.1) is 0 Å². The number of hydrogen-bond donors (Lipinski definition) is 2. The Morgan fingerprint density at radius 1 is 0.864 bits per heavy atom. The maximum atomic E-state index is 3.45. The molecule has 3 nitrogen and oxygen atoms in total. The predicted molar refractivity (Wildman–Crippen MR) is 90.8 cm³/mol. The number of aromatic nitrogens is 1. The van der Waals surface area contributed by atoms with Crippen LogP contribution in [-0.2, 0) is 13.1 Å². The van der Waals surface area contributed by atoms with E-state index in [9.17, 15) is 0 Å². The van der Waals surface area contributed by atoms with Gasteiger partial charge in [-0.3, -0.25) is 5.32 Å². The van der Waals surface area contributed by atoms with Crippen molar-refractivity contribution in [2.24, 2.45) is 0 Å². The quantitative estimate of drug-likeness (QED) is 0.740. The molecule has 1 aromatic heterocycles. The fourth-order valence-electron chi connectivity index (χ4n) is 2.60. The molecule has 0 aliphatic rings. The molecule has 0 amide bonds. The average Bonchev–Trinajstić information content (AvgIpc) is 2.53. The first-order chi connectivity index (χ1) is 10.7. The maximum absolute atomic E-state index is 3.45. The van der Waals surface area contributed by atoms with Gasteiger partial charge in [-0.2, -0.15) is 0 Å². The lowest BCUT2D eigenvalue weighted by Gasteiger charge is -2.07. The molecule has 3 N–H and O–H groups in total. The van der Waals surface area contributed by atoms with Crippen LogP contribution in [0.1, 0.15) is 11.1 Å². The van der Waals surface area contributed by atoms with Crippen LogP contribution in [0, 0.1) is 0 Å². The number of pyridine rings is 1. The number of quaternary nitrogens is 1. The first kappa shape index (κ1) is 14.5. The number of benzene rings is 2. The summed E-state index contributed by atoms with van der Waals surface area (Å²) in [6.07, 6.45) is 0. The van der Waals surface area contributed by atoms with Gasteiger partial charge in [-0.05, 0) is 17.7 Å². The Balaban J connectivity index is 1.65. The van der Waals surface area contributed by atoms with Crippen LogP contribution in [0.3, 0.4) is 0 Å². The second-order valence-corrected chi connectivity index (χ2v) is 6.01. The summed E-state index contributed by atoms with van der Waals surface area (Å²) in [4.78, 5) is 4.86. The lowest BCUT2D eigenvalue weighted by molar-refractivity contribution is -0.872. The maximum Gasteiger partial charge on any atom is 0.272 e. The van der Waals surface area contributed by atoms with Gasteiger partial charge in [0, 0.05) is 17.0 Å². The second-order valence-electron chi connectivity index (χ2n) is 6.01. The van der Waals surface area contributed by atoms with Crippen molar-refractivity contribution < 1.29 is 9.88 Å². The third-order valence-electron chi connectivity index (χ3n) is 3.72. The first-order valence-corrected chi connectivity index (χ1v) is 7.72. The zero-order valence-corrected chi connectivity index (χ0v) is 13.2. The van der Waals surface area contributed by atoms with Crippen LogP contribution < -0.4 is 15.2 Å². The summed E-state index contributed by atoms with van der Waals surface area (Å²) in [5, 5.41) is 4.68. The summed E-state index contributed by atoms with van der Waals surface area (Å²) in [6.45, 7) is 1.89. The Labute approximate surface area is 131 Å². The smallest absolute Gasteiger partial charge is 0.272 e. The number of H-pyrrole nitrogens is 1. The van der Waals surface area contributed by atoms with Gasteiger partial charge in [-0.25, -0.2) is 4.98 Å². The molecule has 3 rings (SSSR count). The predicted octanol–water partition coefficient (Wildman–Crippen LogP) is 1.91. The molecule has 112 valence electrons. The molecule has 0 atom stereocenters. The van der Waals surface area contributed by atoms with Gasteiger partial charge in [0.2, 0.25) is 0 Å². The summed E-state index contributed by atoms with van der Waals surface area (Å²) in [6, 6.07) is 21.4. The van der Waals surface area contributed by atoms with E-state index in [4.69, 9.17) is 0 Å². The third kappa shape index (κ3) is 3.62. The molecule has 0 aliphatic heterocycles. The van der Waals surface area contributed by atoms with Crippen LogP contribution in [0.2, 0.25) is 0 Å². The summed E-state index contributed by atoms with van der Waals surface area (Å²) in [5.74, 6) is 1.04. The fraction of sp³-hybridized carbons (Fsp3) is 0.211. The van der Waals surface area contributed by atoms with Crippen LogP contribution >= 0.6 is 0 Å². The standard InChI is InChI=1S/C19H21N3/c1-22(2)14-16-9-7-15(8-10-16)13-20-19-12-11-17-5-3-4-6-18(17)21-19/h3-12H,13-14H2,1-2H3,(H,20,21)/p+2. The van der Waals surface area contributed by atoms with Crippen molar-refractivity contribution >= 4 is 16.7 Å². The van der Waals surface area contributed by atoms with Crippen molar-refractivity contribution in [2.45, 2.75) is 13.1 Å². The van der Waals surface area contributed by atoms with E-state index in [1.165, 1.54) is 21.4 Å². The van der Waals surface area contributed by atoms with Gasteiger partial charge in [-0.1, -0.05) is 42.5 Å². The van der Waals surface area contributed by atoms with Crippen LogP contribution in [0.4, 0.5) is 5.82 Å². The van der Waals surface area contributed by atoms with E-state index in [1.807, 2.05) is 6.07 Å². The zero-order valence-electron chi connectivity index (χ0n) is 13.2. The number of aromatic amines is 1. The molecule has 0 radical (unpaired) electrons. The Bertz CT molecular complexity index is 748. The van der Waals surface area contributed by atoms with Gasteiger partial charge in [0.1, 0.15) is 18.6 Å². The fourth-order valence-corrected chi connectivity index (χ4v) is 2.60. The average molecular weight is 293 g/mol. The SMILES string of the molecule is C[NH+](C)Cc1ccc(CNc2ccc3ccccc3[nH+]2)cc1. The molecule has 3 heteroatoms. The molecule has 0 saturated carbocycles. The van der Waals surface area contributed by atoms with E-state index in [0.717, 1.165) is 24.4 Å². The molecule has 22 heavy (non-hydrogen) atoms. The highest BCUT2D eigenvalue weighted by atomic mass is 15.0. The summed E-state index contributed by atoms with van der Waals surface area (Å²) in [5.41, 5.74) is 3.82. The molecular weight excluding hydrogens is 270 g/mol. The first-order valence-electron chi connectivity index (χ1n) is 7.72. The number of nitrogens with one attached hydrogen (secondary N) is 3. The highest BCUT2D eigenvalue weighted by Gasteiger charge is 2.04. The molecule has 0 unspecified atom stereocenters. The molecule has 3 aromatic rings. The second kappa shape index (κ2) is 6.58. The van der Waals surface area contributed by atoms with Crippen molar-refractivity contribution in [2.75, 3.05) is 19.4 Å². The molecule has 0 fully saturated rings. The normalized spacial score (nSPS) is 11.0. The number of hydrogen-bond acceptors (Lipinski definition) is 1. The van der Waals surface area contributed by atoms with Gasteiger partial charge in [0.15, 0.2) is 0 Å². The van der Waals surface area contributed by atoms with Crippen molar-refractivity contribution in [3.63, 3.8) is 0 Å². The van der Waals surface area contributed by atoms with Gasteiger partial charge < -0.3 is 4.90 Å². The van der Waals surface area contributed by atoms with E-state index in [-0.39, 0.29) is 0 Å². The van der Waals surface area contributed by atoms with E-state index < -0.39 is 0 Å². The number of rotatable bonds is 5. The summed E-state index contributed by atoms with van der Waals surface area (Å²) >= 11 is 0. The van der Waals surface area contributed by atoms with Crippen molar-refractivity contribution in [1.82, 2.24) is 0 Å². The van der Waals surface area contributed by atoms with Crippen LogP contribution in [0.5, 0.6) is 0 Å². The molecule has 1 heterocycles. The van der Waals surface area contributed by atoms with E-state index in [2.05, 4.69) is 79.0 Å². The Morgan fingerprint density at radius 3 is 2.36 bits per heavy atom. The van der Waals surface area contributed by atoms with E-state index in [0.29, 0.717) is 0 Å². The van der Waals surface area contributed by atoms with Gasteiger partial charge in [0.05, 0.1) is 14.1 Å². The van der Waals surface area contributed by atoms with Crippen molar-refractivity contribution in [3.05, 3.63) is 71.8 Å². The van der Waals surface area contributed by atoms with Crippen LogP contribution in [0.15, 0.2) is 60.7 Å². The van der Waals surface area contributed by atoms with Gasteiger partial charge >= 0.3 is 0 Å². The van der Waals surface area contributed by atoms with Crippen LogP contribution in [-0.4, -0.2) is 14.1 Å². The molecule has 2 aromatic carbocycles. The minimum absolute atomic E-state index is 0.823. The molecule has 0 spiro atoms. The van der Waals surface area contributed by atoms with Gasteiger partial charge in [0.25, 0.3) is 5.82 Å². The highest BCUT2D eigenvalue weighted by molar-refractivity contribution is 5.75. The number of para-hydroxylation sites is 1. The Morgan fingerprint density at radius 2 is 1.59 bits per heavy atom. The minimum Gasteiger partial charge on any atom is -0.336 e. The Hall–Kier alpha value is -2.39. The summed E-state index contributed by atoms with van der Waals surface area (Å²) < 4.78 is 0. The lowest BCUT2D eigenvalue weighted by atomic mass is 10.1. The summed E-state index contributed by atoms with van der Waals surface area (Å²) in [7, 11) is 4.34. The van der Waals surface area contributed by atoms with E-state index in [1.54, 1.807) is 0 Å². The van der Waals surface area contributed by atoms with Crippen LogP contribution in [0.25, 0.3) is 10.9 Å². The lowest BCUT2D eigenvalue weighted by Crippen LogP contribution is -3.04. The topological polar surface area (TPSA) is 30.6 Å². The van der Waals surface area contributed by atoms with Crippen molar-refractivity contribution in [1.29, 1.82) is 0 Å². The molecule has 0 aliphatic carbocycles. The molecule has 0 bridgehead atoms. The number of anilines is 1. The minimum atomic E-state index is 0.823. The largest absolute Gasteiger partial charge is 0.336 e. The molecule has 0 saturated heterocycles. The zero-order chi connectivity index (χ0) is 15.4. The van der Waals surface area contributed by atoms with E-state index >= 15 is 0 Å².